The lowest BCUT2D eigenvalue weighted by molar-refractivity contribution is -0.120. The van der Waals surface area contributed by atoms with Gasteiger partial charge in [-0.3, -0.25) is 9.59 Å². The average molecular weight is 397 g/mol. The molecule has 0 unspecified atom stereocenters. The summed E-state index contributed by atoms with van der Waals surface area (Å²) in [5, 5.41) is 4.48. The van der Waals surface area contributed by atoms with Crippen molar-refractivity contribution >= 4 is 58.2 Å². The fourth-order valence-corrected chi connectivity index (χ4v) is 2.36. The van der Waals surface area contributed by atoms with Crippen LogP contribution in [0.15, 0.2) is 22.8 Å². The molecule has 23 heavy (non-hydrogen) atoms. The standard InChI is InChI=1S/C13H9Cl4N3O3/c14-8-9(15)11(20-12(17)10(8)16)13(22)19-5-7(21)18-4-6-2-1-3-23-6/h1-3H,4-5H2,(H,18,21)(H,19,22). The zero-order chi connectivity index (χ0) is 17.0. The maximum absolute atomic E-state index is 12.0. The monoisotopic (exact) mass is 395 g/mol. The number of furan rings is 1. The summed E-state index contributed by atoms with van der Waals surface area (Å²) in [7, 11) is 0. The minimum Gasteiger partial charge on any atom is -0.467 e. The Morgan fingerprint density at radius 3 is 2.48 bits per heavy atom. The third-order valence-corrected chi connectivity index (χ3v) is 4.33. The Bertz CT molecular complexity index is 735. The molecule has 0 bridgehead atoms. The van der Waals surface area contributed by atoms with Crippen molar-refractivity contribution in [3.63, 3.8) is 0 Å². The van der Waals surface area contributed by atoms with Gasteiger partial charge in [0.25, 0.3) is 5.91 Å². The van der Waals surface area contributed by atoms with E-state index in [1.54, 1.807) is 12.1 Å². The molecule has 2 N–H and O–H groups in total. The van der Waals surface area contributed by atoms with Gasteiger partial charge in [-0.25, -0.2) is 4.98 Å². The van der Waals surface area contributed by atoms with Crippen LogP contribution >= 0.6 is 46.4 Å². The lowest BCUT2D eigenvalue weighted by atomic mass is 10.3. The molecule has 0 radical (unpaired) electrons. The van der Waals surface area contributed by atoms with Crippen molar-refractivity contribution in [2.45, 2.75) is 6.54 Å². The second-order valence-corrected chi connectivity index (χ2v) is 5.72. The molecule has 0 aliphatic rings. The second kappa shape index (κ2) is 7.88. The van der Waals surface area contributed by atoms with Gasteiger partial charge in [0.05, 0.1) is 34.4 Å². The molecule has 0 aliphatic heterocycles. The summed E-state index contributed by atoms with van der Waals surface area (Å²) in [6.07, 6.45) is 1.49. The lowest BCUT2D eigenvalue weighted by Gasteiger charge is -2.09. The number of halogens is 4. The largest absolute Gasteiger partial charge is 0.467 e. The van der Waals surface area contributed by atoms with Crippen LogP contribution in [0.1, 0.15) is 16.2 Å². The van der Waals surface area contributed by atoms with Crippen molar-refractivity contribution in [2.75, 3.05) is 6.54 Å². The molecular weight excluding hydrogens is 388 g/mol. The molecule has 2 amide bonds. The highest BCUT2D eigenvalue weighted by atomic mass is 35.5. The first-order chi connectivity index (χ1) is 10.9. The number of pyridine rings is 1. The molecule has 0 fully saturated rings. The first-order valence-corrected chi connectivity index (χ1v) is 7.68. The van der Waals surface area contributed by atoms with E-state index in [0.717, 1.165) is 0 Å². The first-order valence-electron chi connectivity index (χ1n) is 6.17. The van der Waals surface area contributed by atoms with Gasteiger partial charge < -0.3 is 15.1 Å². The number of hydrogen-bond acceptors (Lipinski definition) is 4. The second-order valence-electron chi connectivity index (χ2n) is 4.23. The van der Waals surface area contributed by atoms with Gasteiger partial charge in [-0.05, 0) is 12.1 Å². The highest BCUT2D eigenvalue weighted by Gasteiger charge is 2.20. The van der Waals surface area contributed by atoms with Crippen molar-refractivity contribution in [3.05, 3.63) is 50.1 Å². The Hall–Kier alpha value is -1.47. The average Bonchev–Trinajstić information content (AvgIpc) is 3.05. The van der Waals surface area contributed by atoms with E-state index in [-0.39, 0.29) is 39.0 Å². The van der Waals surface area contributed by atoms with E-state index < -0.39 is 11.8 Å². The molecule has 0 aliphatic carbocycles. The predicted molar refractivity (Wildman–Crippen MR) is 87.2 cm³/mol. The summed E-state index contributed by atoms with van der Waals surface area (Å²) in [5.41, 5.74) is -0.218. The number of carbonyl (C=O) groups excluding carboxylic acids is 2. The van der Waals surface area contributed by atoms with Gasteiger partial charge in [0.15, 0.2) is 0 Å². The number of nitrogens with one attached hydrogen (secondary N) is 2. The van der Waals surface area contributed by atoms with E-state index >= 15 is 0 Å². The van der Waals surface area contributed by atoms with Crippen molar-refractivity contribution in [1.29, 1.82) is 0 Å². The van der Waals surface area contributed by atoms with Crippen LogP contribution in [0, 0.1) is 0 Å². The van der Waals surface area contributed by atoms with Gasteiger partial charge in [0.2, 0.25) is 5.91 Å². The van der Waals surface area contributed by atoms with Gasteiger partial charge in [-0.2, -0.15) is 0 Å². The minimum absolute atomic E-state index is 0.0499. The van der Waals surface area contributed by atoms with E-state index in [1.165, 1.54) is 6.26 Å². The van der Waals surface area contributed by atoms with E-state index in [9.17, 15) is 9.59 Å². The van der Waals surface area contributed by atoms with Crippen LogP contribution in [-0.4, -0.2) is 23.3 Å². The lowest BCUT2D eigenvalue weighted by Crippen LogP contribution is -2.37. The van der Waals surface area contributed by atoms with Gasteiger partial charge >= 0.3 is 0 Å². The Kier molecular flexibility index (Phi) is 6.12. The summed E-state index contributed by atoms with van der Waals surface area (Å²) in [5.74, 6) is -0.536. The van der Waals surface area contributed by atoms with E-state index in [4.69, 9.17) is 50.8 Å². The highest BCUT2D eigenvalue weighted by Crippen LogP contribution is 2.35. The molecule has 0 atom stereocenters. The maximum Gasteiger partial charge on any atom is 0.271 e. The van der Waals surface area contributed by atoms with Crippen molar-refractivity contribution in [2.24, 2.45) is 0 Å². The third kappa shape index (κ3) is 4.51. The fourth-order valence-electron chi connectivity index (χ4n) is 1.54. The van der Waals surface area contributed by atoms with E-state index in [1.807, 2.05) is 0 Å². The van der Waals surface area contributed by atoms with Crippen LogP contribution in [0.25, 0.3) is 0 Å². The van der Waals surface area contributed by atoms with Gasteiger partial charge in [-0.15, -0.1) is 0 Å². The Morgan fingerprint density at radius 1 is 1.09 bits per heavy atom. The Balaban J connectivity index is 1.93. The number of aromatic nitrogens is 1. The van der Waals surface area contributed by atoms with Crippen LogP contribution in [0.4, 0.5) is 0 Å². The Morgan fingerprint density at radius 2 is 1.83 bits per heavy atom. The van der Waals surface area contributed by atoms with Crippen molar-refractivity contribution < 1.29 is 14.0 Å². The summed E-state index contributed by atoms with van der Waals surface area (Å²) >= 11 is 23.3. The molecular formula is C13H9Cl4N3O3. The summed E-state index contributed by atoms with van der Waals surface area (Å²) < 4.78 is 5.06. The molecule has 10 heteroatoms. The molecule has 2 rings (SSSR count). The topological polar surface area (TPSA) is 84.2 Å². The summed E-state index contributed by atoms with van der Waals surface area (Å²) in [6, 6.07) is 3.41. The predicted octanol–water partition coefficient (Wildman–Crippen LogP) is 3.33. The molecule has 0 saturated heterocycles. The number of amides is 2. The van der Waals surface area contributed by atoms with E-state index in [2.05, 4.69) is 15.6 Å². The van der Waals surface area contributed by atoms with Crippen LogP contribution in [0.5, 0.6) is 0 Å². The minimum atomic E-state index is -0.705. The fraction of sp³-hybridized carbons (Fsp3) is 0.154. The quantitative estimate of drug-likeness (QED) is 0.759. The molecule has 0 spiro atoms. The number of hydrogen-bond donors (Lipinski definition) is 2. The highest BCUT2D eigenvalue weighted by molar-refractivity contribution is 6.52. The van der Waals surface area contributed by atoms with Crippen LogP contribution in [0.2, 0.25) is 20.2 Å². The maximum atomic E-state index is 12.0. The van der Waals surface area contributed by atoms with Gasteiger partial charge in [-0.1, -0.05) is 46.4 Å². The molecule has 2 heterocycles. The first kappa shape index (κ1) is 17.9. The Labute approximate surface area is 151 Å². The molecule has 0 aromatic carbocycles. The van der Waals surface area contributed by atoms with Gasteiger partial charge in [0, 0.05) is 0 Å². The summed E-state index contributed by atoms with van der Waals surface area (Å²) in [4.78, 5) is 27.4. The molecule has 6 nitrogen and oxygen atoms in total. The summed E-state index contributed by atoms with van der Waals surface area (Å²) in [6.45, 7) is -0.0747. The zero-order valence-corrected chi connectivity index (χ0v) is 14.4. The smallest absolute Gasteiger partial charge is 0.271 e. The molecule has 2 aromatic rings. The third-order valence-electron chi connectivity index (χ3n) is 2.65. The van der Waals surface area contributed by atoms with Crippen LogP contribution in [-0.2, 0) is 11.3 Å². The van der Waals surface area contributed by atoms with Crippen LogP contribution in [0.3, 0.4) is 0 Å². The SMILES string of the molecule is O=C(CNC(=O)c1nc(Cl)c(Cl)c(Cl)c1Cl)NCc1ccco1. The zero-order valence-electron chi connectivity index (χ0n) is 11.3. The molecule has 2 aromatic heterocycles. The molecule has 122 valence electrons. The van der Waals surface area contributed by atoms with Crippen LogP contribution < -0.4 is 10.6 Å². The van der Waals surface area contributed by atoms with E-state index in [0.29, 0.717) is 5.76 Å². The number of carbonyl (C=O) groups is 2. The normalized spacial score (nSPS) is 10.4. The van der Waals surface area contributed by atoms with Gasteiger partial charge in [0.1, 0.15) is 16.6 Å². The molecule has 0 saturated carbocycles. The van der Waals surface area contributed by atoms with Crippen molar-refractivity contribution in [3.8, 4) is 0 Å². The number of rotatable bonds is 5. The number of nitrogens with zero attached hydrogens (tertiary/aromatic N) is 1. The van der Waals surface area contributed by atoms with Crippen molar-refractivity contribution in [1.82, 2.24) is 15.6 Å².